The number of carbonyl (C=O) groups is 3. The lowest BCUT2D eigenvalue weighted by Crippen LogP contribution is -2.30. The van der Waals surface area contributed by atoms with E-state index >= 15 is 0 Å². The summed E-state index contributed by atoms with van der Waals surface area (Å²) in [6, 6.07) is 10.2. The van der Waals surface area contributed by atoms with Crippen LogP contribution in [0.2, 0.25) is 0 Å². The molecule has 5 rings (SSSR count). The summed E-state index contributed by atoms with van der Waals surface area (Å²) in [4.78, 5) is 41.6. The van der Waals surface area contributed by atoms with Gasteiger partial charge in [0.1, 0.15) is 17.2 Å². The molecule has 2 aromatic heterocycles. The normalized spacial score (nSPS) is 14.4. The number of fused-ring (bicyclic) bond motifs is 2. The Morgan fingerprint density at radius 3 is 2.70 bits per heavy atom. The van der Waals surface area contributed by atoms with Gasteiger partial charge in [0.15, 0.2) is 11.4 Å². The molecule has 2 heterocycles. The Kier molecular flexibility index (Phi) is 6.04. The predicted molar refractivity (Wildman–Crippen MR) is 129 cm³/mol. The topological polar surface area (TPSA) is 146 Å². The van der Waals surface area contributed by atoms with Gasteiger partial charge < -0.3 is 20.8 Å². The molecule has 0 saturated heterocycles. The molecule has 10 nitrogen and oxygen atoms in total. The summed E-state index contributed by atoms with van der Waals surface area (Å²) >= 11 is 0. The number of benzene rings is 2. The Morgan fingerprint density at radius 1 is 1.14 bits per heavy atom. The highest BCUT2D eigenvalue weighted by Crippen LogP contribution is 2.32. The van der Waals surface area contributed by atoms with Gasteiger partial charge in [-0.2, -0.15) is 5.10 Å². The number of aromatic nitrogens is 3. The summed E-state index contributed by atoms with van der Waals surface area (Å²) in [5.74, 6) is -2.80. The lowest BCUT2D eigenvalue weighted by atomic mass is 10.0. The van der Waals surface area contributed by atoms with E-state index in [1.807, 2.05) is 0 Å². The molecule has 0 unspecified atom stereocenters. The number of aryl methyl sites for hydroxylation is 2. The first-order chi connectivity index (χ1) is 17.7. The molecular weight excluding hydrogens is 481 g/mol. The van der Waals surface area contributed by atoms with Gasteiger partial charge in [0.25, 0.3) is 11.8 Å². The third-order valence-electron chi connectivity index (χ3n) is 6.37. The average Bonchev–Trinajstić information content (AvgIpc) is 3.46. The molecule has 0 spiro atoms. The van der Waals surface area contributed by atoms with Gasteiger partial charge in [0.05, 0.1) is 17.8 Å². The molecule has 188 valence electrons. The van der Waals surface area contributed by atoms with Gasteiger partial charge in [0.2, 0.25) is 0 Å². The van der Waals surface area contributed by atoms with Gasteiger partial charge in [-0.05, 0) is 60.2 Å². The molecule has 1 aliphatic rings. The van der Waals surface area contributed by atoms with E-state index in [9.17, 15) is 29.0 Å². The summed E-state index contributed by atoms with van der Waals surface area (Å²) in [6.45, 7) is 1.73. The van der Waals surface area contributed by atoms with Crippen molar-refractivity contribution in [3.05, 3.63) is 93.7 Å². The highest BCUT2D eigenvalue weighted by atomic mass is 19.1. The van der Waals surface area contributed by atoms with Crippen molar-refractivity contribution in [3.8, 4) is 5.75 Å². The Balaban J connectivity index is 1.39. The summed E-state index contributed by atoms with van der Waals surface area (Å²) in [6.07, 6.45) is 2.31. The number of hydrogen-bond donors (Lipinski definition) is 4. The number of aromatic carboxylic acids is 1. The van der Waals surface area contributed by atoms with Crippen molar-refractivity contribution in [1.82, 2.24) is 25.2 Å². The number of hydrogen-bond acceptors (Lipinski definition) is 6. The van der Waals surface area contributed by atoms with Crippen molar-refractivity contribution in [3.63, 3.8) is 0 Å². The number of carbonyl (C=O) groups excluding carboxylic acids is 2. The number of rotatable bonds is 6. The van der Waals surface area contributed by atoms with E-state index in [2.05, 4.69) is 20.7 Å². The van der Waals surface area contributed by atoms with Crippen molar-refractivity contribution < 1.29 is 29.0 Å². The SMILES string of the molecule is Cc1cc(CNC(=O)c2cc(C(=O)N[C@H]3CCc4cc(C(=O)O)ccc43)n3ncc(O)c3n2)ccc1F. The molecule has 4 aromatic rings. The van der Waals surface area contributed by atoms with Crippen LogP contribution >= 0.6 is 0 Å². The molecule has 0 bridgehead atoms. The second-order valence-corrected chi connectivity index (χ2v) is 8.84. The highest BCUT2D eigenvalue weighted by molar-refractivity contribution is 5.98. The summed E-state index contributed by atoms with van der Waals surface area (Å²) in [5, 5.41) is 29.0. The fourth-order valence-electron chi connectivity index (χ4n) is 4.45. The summed E-state index contributed by atoms with van der Waals surface area (Å²) in [5.41, 5.74) is 2.80. The summed E-state index contributed by atoms with van der Waals surface area (Å²) in [7, 11) is 0. The third kappa shape index (κ3) is 4.58. The van der Waals surface area contributed by atoms with E-state index in [1.54, 1.807) is 31.2 Å². The molecule has 2 aromatic carbocycles. The Bertz CT molecular complexity index is 1580. The van der Waals surface area contributed by atoms with E-state index in [4.69, 9.17) is 0 Å². The van der Waals surface area contributed by atoms with Crippen LogP contribution in [0.4, 0.5) is 4.39 Å². The van der Waals surface area contributed by atoms with Crippen molar-refractivity contribution in [2.24, 2.45) is 0 Å². The van der Waals surface area contributed by atoms with Gasteiger partial charge in [0, 0.05) is 12.6 Å². The first kappa shape index (κ1) is 23.9. The summed E-state index contributed by atoms with van der Waals surface area (Å²) < 4.78 is 14.7. The van der Waals surface area contributed by atoms with Crippen molar-refractivity contribution in [2.45, 2.75) is 32.4 Å². The second-order valence-electron chi connectivity index (χ2n) is 8.84. The smallest absolute Gasteiger partial charge is 0.335 e. The fourth-order valence-corrected chi connectivity index (χ4v) is 4.45. The fraction of sp³-hybridized carbons (Fsp3) is 0.192. The number of amides is 2. The lowest BCUT2D eigenvalue weighted by Gasteiger charge is -2.15. The minimum Gasteiger partial charge on any atom is -0.503 e. The van der Waals surface area contributed by atoms with Gasteiger partial charge in [-0.3, -0.25) is 9.59 Å². The zero-order chi connectivity index (χ0) is 26.3. The standard InChI is InChI=1S/C26H22FN5O5/c1-13-8-14(2-6-18(13)27)11-28-24(34)20-10-21(32-23(30-20)22(33)12-29-32)25(35)31-19-7-4-15-9-16(26(36)37)3-5-17(15)19/h2-3,5-6,8-10,12,19,33H,4,7,11H2,1H3,(H,28,34)(H,31,35)(H,36,37)/t19-/m0/s1. The van der Waals surface area contributed by atoms with Crippen LogP contribution in [0.5, 0.6) is 5.75 Å². The van der Waals surface area contributed by atoms with Gasteiger partial charge in [-0.1, -0.05) is 18.2 Å². The zero-order valence-electron chi connectivity index (χ0n) is 19.7. The molecule has 1 aliphatic carbocycles. The molecule has 0 saturated carbocycles. The molecule has 11 heteroatoms. The molecule has 0 aliphatic heterocycles. The van der Waals surface area contributed by atoms with E-state index < -0.39 is 17.8 Å². The minimum absolute atomic E-state index is 0.0105. The molecule has 0 radical (unpaired) electrons. The third-order valence-corrected chi connectivity index (χ3v) is 6.37. The van der Waals surface area contributed by atoms with Crippen molar-refractivity contribution in [2.75, 3.05) is 0 Å². The quantitative estimate of drug-likeness (QED) is 0.316. The molecule has 0 fully saturated rings. The number of aromatic hydroxyl groups is 1. The number of nitrogens with one attached hydrogen (secondary N) is 2. The second kappa shape index (κ2) is 9.34. The zero-order valence-corrected chi connectivity index (χ0v) is 19.7. The number of halogens is 1. The van der Waals surface area contributed by atoms with Gasteiger partial charge in [-0.15, -0.1) is 0 Å². The van der Waals surface area contributed by atoms with Crippen LogP contribution in [0.3, 0.4) is 0 Å². The van der Waals surface area contributed by atoms with Crippen LogP contribution in [0, 0.1) is 12.7 Å². The van der Waals surface area contributed by atoms with Crippen LogP contribution in [-0.2, 0) is 13.0 Å². The number of carboxylic acid groups (broad SMARTS) is 1. The molecule has 2 amide bonds. The van der Waals surface area contributed by atoms with Crippen LogP contribution in [0.1, 0.15) is 66.1 Å². The van der Waals surface area contributed by atoms with E-state index in [1.165, 1.54) is 18.2 Å². The highest BCUT2D eigenvalue weighted by Gasteiger charge is 2.27. The van der Waals surface area contributed by atoms with E-state index in [-0.39, 0.29) is 46.8 Å². The number of nitrogens with zero attached hydrogens (tertiary/aromatic N) is 3. The van der Waals surface area contributed by atoms with Crippen molar-refractivity contribution >= 4 is 23.4 Å². The Hall–Kier alpha value is -4.80. The van der Waals surface area contributed by atoms with Gasteiger partial charge in [-0.25, -0.2) is 18.7 Å². The van der Waals surface area contributed by atoms with Crippen molar-refractivity contribution in [1.29, 1.82) is 0 Å². The Morgan fingerprint density at radius 2 is 1.95 bits per heavy atom. The molecule has 37 heavy (non-hydrogen) atoms. The lowest BCUT2D eigenvalue weighted by molar-refractivity contribution is 0.0696. The van der Waals surface area contributed by atoms with E-state index in [0.717, 1.165) is 21.8 Å². The Labute approximate surface area is 209 Å². The monoisotopic (exact) mass is 503 g/mol. The van der Waals surface area contributed by atoms with Crippen LogP contribution in [0.15, 0.2) is 48.7 Å². The number of carboxylic acids is 1. The first-order valence-corrected chi connectivity index (χ1v) is 11.5. The van der Waals surface area contributed by atoms with Crippen LogP contribution < -0.4 is 10.6 Å². The van der Waals surface area contributed by atoms with Gasteiger partial charge >= 0.3 is 5.97 Å². The molecule has 1 atom stereocenters. The largest absolute Gasteiger partial charge is 0.503 e. The average molecular weight is 503 g/mol. The maximum Gasteiger partial charge on any atom is 0.335 e. The molecule has 4 N–H and O–H groups in total. The van der Waals surface area contributed by atoms with E-state index in [0.29, 0.717) is 24.0 Å². The maximum absolute atomic E-state index is 13.5. The molecular formula is C26H22FN5O5. The predicted octanol–water partition coefficient (Wildman–Crippen LogP) is 2.93. The maximum atomic E-state index is 13.5. The first-order valence-electron chi connectivity index (χ1n) is 11.5. The van der Waals surface area contributed by atoms with Crippen LogP contribution in [-0.4, -0.2) is 42.6 Å². The van der Waals surface area contributed by atoms with Crippen LogP contribution in [0.25, 0.3) is 5.65 Å². The minimum atomic E-state index is -1.02.